The number of para-hydroxylation sites is 3. The fraction of sp³-hybridized carbons (Fsp3) is 0.143. The largest absolute Gasteiger partial charge is 0.486 e. The lowest BCUT2D eigenvalue weighted by atomic mass is 10.1. The van der Waals surface area contributed by atoms with Crippen LogP contribution in [0.1, 0.15) is 27.6 Å². The number of aryl methyl sites for hydroxylation is 1. The molecule has 0 unspecified atom stereocenters. The fourth-order valence-corrected chi connectivity index (χ4v) is 4.46. The van der Waals surface area contributed by atoms with E-state index in [4.69, 9.17) is 21.3 Å². The van der Waals surface area contributed by atoms with Crippen LogP contribution in [0.2, 0.25) is 5.02 Å². The molecule has 0 fully saturated rings. The highest BCUT2D eigenvalue weighted by atomic mass is 35.5. The SMILES string of the molecule is Cc1cc(C(=O)Cn2c(COc3ccc(Cl)cc3)nc3ccccc32)c(C)n1-c1ccccc1. The van der Waals surface area contributed by atoms with E-state index >= 15 is 0 Å². The van der Waals surface area contributed by atoms with Crippen molar-refractivity contribution >= 4 is 28.4 Å². The predicted octanol–water partition coefficient (Wildman–Crippen LogP) is 6.56. The molecular weight excluding hydrogens is 446 g/mol. The third-order valence-electron chi connectivity index (χ3n) is 5.96. The molecule has 0 radical (unpaired) electrons. The molecule has 2 aromatic heterocycles. The molecule has 0 N–H and O–H groups in total. The number of carbonyl (C=O) groups is 1. The molecule has 2 heterocycles. The van der Waals surface area contributed by atoms with Gasteiger partial charge in [0.15, 0.2) is 5.78 Å². The van der Waals surface area contributed by atoms with Gasteiger partial charge in [0.2, 0.25) is 0 Å². The highest BCUT2D eigenvalue weighted by Gasteiger charge is 2.20. The highest BCUT2D eigenvalue weighted by Crippen LogP contribution is 2.24. The smallest absolute Gasteiger partial charge is 0.184 e. The van der Waals surface area contributed by atoms with Gasteiger partial charge in [0.05, 0.1) is 17.6 Å². The number of nitrogens with zero attached hydrogens (tertiary/aromatic N) is 3. The monoisotopic (exact) mass is 469 g/mol. The molecule has 0 amide bonds. The zero-order valence-corrected chi connectivity index (χ0v) is 19.8. The van der Waals surface area contributed by atoms with Gasteiger partial charge in [-0.05, 0) is 68.4 Å². The van der Waals surface area contributed by atoms with E-state index in [1.54, 1.807) is 12.1 Å². The average molecular weight is 470 g/mol. The van der Waals surface area contributed by atoms with E-state index in [1.165, 1.54) is 0 Å². The number of ketones is 1. The topological polar surface area (TPSA) is 49.1 Å². The predicted molar refractivity (Wildman–Crippen MR) is 135 cm³/mol. The van der Waals surface area contributed by atoms with Crippen molar-refractivity contribution in [3.05, 3.63) is 113 Å². The Morgan fingerprint density at radius 2 is 1.65 bits per heavy atom. The van der Waals surface area contributed by atoms with Crippen LogP contribution in [0, 0.1) is 13.8 Å². The van der Waals surface area contributed by atoms with Gasteiger partial charge in [-0.25, -0.2) is 4.98 Å². The molecule has 0 aliphatic rings. The van der Waals surface area contributed by atoms with E-state index in [0.717, 1.165) is 28.1 Å². The number of carbonyl (C=O) groups excluding carboxylic acids is 1. The van der Waals surface area contributed by atoms with E-state index in [2.05, 4.69) is 4.57 Å². The van der Waals surface area contributed by atoms with E-state index in [0.29, 0.717) is 22.2 Å². The zero-order chi connectivity index (χ0) is 23.7. The Morgan fingerprint density at radius 1 is 0.941 bits per heavy atom. The summed E-state index contributed by atoms with van der Waals surface area (Å²) in [6.07, 6.45) is 0. The zero-order valence-electron chi connectivity index (χ0n) is 19.0. The summed E-state index contributed by atoms with van der Waals surface area (Å²) in [7, 11) is 0. The third-order valence-corrected chi connectivity index (χ3v) is 6.21. The molecule has 5 aromatic rings. The van der Waals surface area contributed by atoms with Crippen LogP contribution in [-0.2, 0) is 13.2 Å². The summed E-state index contributed by atoms with van der Waals surface area (Å²) in [5, 5.41) is 0.651. The van der Waals surface area contributed by atoms with Gasteiger partial charge in [-0.15, -0.1) is 0 Å². The number of halogens is 1. The number of aromatic nitrogens is 3. The number of imidazole rings is 1. The maximum absolute atomic E-state index is 13.5. The Labute approximate surface area is 203 Å². The molecule has 0 spiro atoms. The van der Waals surface area contributed by atoms with E-state index < -0.39 is 0 Å². The molecule has 170 valence electrons. The molecule has 0 bridgehead atoms. The Morgan fingerprint density at radius 3 is 2.41 bits per heavy atom. The molecule has 34 heavy (non-hydrogen) atoms. The summed E-state index contributed by atoms with van der Waals surface area (Å²) in [4.78, 5) is 18.3. The molecular formula is C28H24ClN3O2. The van der Waals surface area contributed by atoms with Crippen molar-refractivity contribution in [1.82, 2.24) is 14.1 Å². The Hall–Kier alpha value is -3.83. The molecule has 0 aliphatic heterocycles. The normalized spacial score (nSPS) is 11.1. The third kappa shape index (κ3) is 4.22. The highest BCUT2D eigenvalue weighted by molar-refractivity contribution is 6.30. The number of hydrogen-bond donors (Lipinski definition) is 0. The summed E-state index contributed by atoms with van der Waals surface area (Å²) in [6, 6.07) is 27.1. The van der Waals surface area contributed by atoms with E-state index in [-0.39, 0.29) is 18.9 Å². The standard InChI is InChI=1S/C28H24ClN3O2/c1-19-16-24(20(2)32(19)22-8-4-3-5-9-22)27(33)17-31-26-11-7-6-10-25(26)30-28(31)18-34-23-14-12-21(29)13-15-23/h3-16H,17-18H2,1-2H3. The Kier molecular flexibility index (Phi) is 5.95. The summed E-state index contributed by atoms with van der Waals surface area (Å²) < 4.78 is 10.0. The van der Waals surface area contributed by atoms with E-state index in [9.17, 15) is 4.79 Å². The molecule has 0 aliphatic carbocycles. The first-order valence-corrected chi connectivity index (χ1v) is 11.5. The first kappa shape index (κ1) is 22.0. The van der Waals surface area contributed by atoms with Crippen LogP contribution in [0.3, 0.4) is 0 Å². The van der Waals surface area contributed by atoms with Gasteiger partial charge < -0.3 is 13.9 Å². The number of hydrogen-bond acceptors (Lipinski definition) is 3. The lowest BCUT2D eigenvalue weighted by Crippen LogP contribution is -2.15. The number of fused-ring (bicyclic) bond motifs is 1. The van der Waals surface area contributed by atoms with Crippen LogP contribution >= 0.6 is 11.6 Å². The lowest BCUT2D eigenvalue weighted by Gasteiger charge is -2.11. The first-order chi connectivity index (χ1) is 16.5. The average Bonchev–Trinajstić information content (AvgIpc) is 3.35. The molecule has 5 nitrogen and oxygen atoms in total. The van der Waals surface area contributed by atoms with Crippen LogP contribution in [0.5, 0.6) is 5.75 Å². The van der Waals surface area contributed by atoms with Gasteiger partial charge in [0, 0.05) is 27.7 Å². The van der Waals surface area contributed by atoms with E-state index in [1.807, 2.05) is 91.2 Å². The van der Waals surface area contributed by atoms with Gasteiger partial charge in [0.1, 0.15) is 18.2 Å². The van der Waals surface area contributed by atoms with Crippen molar-refractivity contribution in [3.8, 4) is 11.4 Å². The second-order valence-electron chi connectivity index (χ2n) is 8.22. The Balaban J connectivity index is 1.46. The maximum atomic E-state index is 13.5. The Bertz CT molecular complexity index is 1470. The van der Waals surface area contributed by atoms with Crippen LogP contribution in [-0.4, -0.2) is 19.9 Å². The molecule has 5 rings (SSSR count). The number of benzene rings is 3. The van der Waals surface area contributed by atoms with Crippen molar-refractivity contribution in [1.29, 1.82) is 0 Å². The minimum atomic E-state index is 0.0335. The number of ether oxygens (including phenoxy) is 1. The second-order valence-corrected chi connectivity index (χ2v) is 8.66. The molecule has 6 heteroatoms. The maximum Gasteiger partial charge on any atom is 0.184 e. The summed E-state index contributed by atoms with van der Waals surface area (Å²) >= 11 is 5.98. The van der Waals surface area contributed by atoms with Crippen LogP contribution < -0.4 is 4.74 Å². The molecule has 0 atom stereocenters. The van der Waals surface area contributed by atoms with Gasteiger partial charge in [-0.1, -0.05) is 41.9 Å². The summed E-state index contributed by atoms with van der Waals surface area (Å²) in [5.41, 5.74) is 5.44. The van der Waals surface area contributed by atoms with Crippen LogP contribution in [0.4, 0.5) is 0 Å². The van der Waals surface area contributed by atoms with Gasteiger partial charge in [0.25, 0.3) is 0 Å². The minimum Gasteiger partial charge on any atom is -0.486 e. The first-order valence-electron chi connectivity index (χ1n) is 11.1. The number of Topliss-reactive ketones (excluding diaryl/α,β-unsaturated/α-hetero) is 1. The van der Waals surface area contributed by atoms with Gasteiger partial charge in [-0.3, -0.25) is 4.79 Å². The van der Waals surface area contributed by atoms with Gasteiger partial charge in [-0.2, -0.15) is 0 Å². The summed E-state index contributed by atoms with van der Waals surface area (Å²) in [6.45, 7) is 4.43. The molecule has 0 saturated heterocycles. The quantitative estimate of drug-likeness (QED) is 0.254. The van der Waals surface area contributed by atoms with Crippen LogP contribution in [0.25, 0.3) is 16.7 Å². The van der Waals surface area contributed by atoms with Crippen LogP contribution in [0.15, 0.2) is 84.9 Å². The minimum absolute atomic E-state index is 0.0335. The number of rotatable bonds is 7. The second kappa shape index (κ2) is 9.20. The van der Waals surface area contributed by atoms with Crippen molar-refractivity contribution in [2.75, 3.05) is 0 Å². The fourth-order valence-electron chi connectivity index (χ4n) is 4.34. The lowest BCUT2D eigenvalue weighted by molar-refractivity contribution is 0.0970. The van der Waals surface area contributed by atoms with Gasteiger partial charge >= 0.3 is 0 Å². The van der Waals surface area contributed by atoms with Crippen molar-refractivity contribution in [2.45, 2.75) is 27.0 Å². The molecule has 0 saturated carbocycles. The van der Waals surface area contributed by atoms with Crippen molar-refractivity contribution in [2.24, 2.45) is 0 Å². The summed E-state index contributed by atoms with van der Waals surface area (Å²) in [5.74, 6) is 1.42. The van der Waals surface area contributed by atoms with Crippen molar-refractivity contribution in [3.63, 3.8) is 0 Å². The molecule has 3 aromatic carbocycles. The van der Waals surface area contributed by atoms with Crippen molar-refractivity contribution < 1.29 is 9.53 Å².